The molecule has 2 aliphatic rings. The fourth-order valence-electron chi connectivity index (χ4n) is 3.60. The number of benzene rings is 2. The molecule has 1 saturated carbocycles. The minimum absolute atomic E-state index is 0.110. The third-order valence-electron chi connectivity index (χ3n) is 5.03. The Hall–Kier alpha value is -2.16. The van der Waals surface area contributed by atoms with Crippen molar-refractivity contribution in [2.24, 2.45) is 5.92 Å². The predicted octanol–water partition coefficient (Wildman–Crippen LogP) is 3.90. The van der Waals surface area contributed by atoms with Gasteiger partial charge in [-0.05, 0) is 54.0 Å². The molecule has 118 valence electrons. The topological polar surface area (TPSA) is 20.3 Å². The van der Waals surface area contributed by atoms with Crippen LogP contribution < -0.4 is 0 Å². The van der Waals surface area contributed by atoms with Gasteiger partial charge in [-0.15, -0.1) is 0 Å². The van der Waals surface area contributed by atoms with Crippen molar-refractivity contribution in [3.63, 3.8) is 0 Å². The molecule has 0 bridgehead atoms. The quantitative estimate of drug-likeness (QED) is 0.842. The van der Waals surface area contributed by atoms with Crippen molar-refractivity contribution in [2.75, 3.05) is 6.54 Å². The Labute approximate surface area is 135 Å². The summed E-state index contributed by atoms with van der Waals surface area (Å²) in [5.41, 5.74) is 3.56. The van der Waals surface area contributed by atoms with Gasteiger partial charge in [-0.1, -0.05) is 36.4 Å². The lowest BCUT2D eigenvalue weighted by Crippen LogP contribution is -2.39. The monoisotopic (exact) mass is 309 g/mol. The summed E-state index contributed by atoms with van der Waals surface area (Å²) in [4.78, 5) is 15.1. The zero-order chi connectivity index (χ0) is 15.8. The lowest BCUT2D eigenvalue weighted by molar-refractivity contribution is -0.134. The molecule has 1 aliphatic heterocycles. The Balaban J connectivity index is 1.58. The Bertz CT molecular complexity index is 721. The number of rotatable bonds is 3. The van der Waals surface area contributed by atoms with E-state index in [0.717, 1.165) is 31.4 Å². The standard InChI is InChI=1S/C20H20FNO/c21-18-9-7-16(8-10-18)19(15-5-6-15)20(23)22-12-11-14-3-1-2-4-17(14)13-22/h1-4,7-10,15,19H,5-6,11-13H2. The van der Waals surface area contributed by atoms with Crippen LogP contribution in [0.3, 0.4) is 0 Å². The van der Waals surface area contributed by atoms with Crippen LogP contribution in [0.5, 0.6) is 0 Å². The normalized spacial score (nSPS) is 18.4. The van der Waals surface area contributed by atoms with E-state index in [2.05, 4.69) is 18.2 Å². The van der Waals surface area contributed by atoms with Gasteiger partial charge in [0.15, 0.2) is 0 Å². The van der Waals surface area contributed by atoms with Crippen LogP contribution in [0.1, 0.15) is 35.4 Å². The van der Waals surface area contributed by atoms with E-state index >= 15 is 0 Å². The van der Waals surface area contributed by atoms with Crippen LogP contribution in [0, 0.1) is 11.7 Å². The first-order chi connectivity index (χ1) is 11.2. The van der Waals surface area contributed by atoms with Gasteiger partial charge in [-0.25, -0.2) is 4.39 Å². The van der Waals surface area contributed by atoms with E-state index in [1.165, 1.54) is 23.3 Å². The SMILES string of the molecule is O=C(C(c1ccc(F)cc1)C1CC1)N1CCc2ccccc2C1. The summed E-state index contributed by atoms with van der Waals surface area (Å²) in [5.74, 6) is 0.266. The molecule has 0 radical (unpaired) electrons. The number of fused-ring (bicyclic) bond motifs is 1. The zero-order valence-corrected chi connectivity index (χ0v) is 13.0. The van der Waals surface area contributed by atoms with Crippen molar-refractivity contribution >= 4 is 5.91 Å². The third kappa shape index (κ3) is 2.88. The number of amides is 1. The lowest BCUT2D eigenvalue weighted by Gasteiger charge is -2.32. The number of hydrogen-bond donors (Lipinski definition) is 0. The first kappa shape index (κ1) is 14.4. The Kier molecular flexibility index (Phi) is 3.64. The molecule has 1 aliphatic carbocycles. The highest BCUT2D eigenvalue weighted by atomic mass is 19.1. The van der Waals surface area contributed by atoms with Crippen molar-refractivity contribution in [1.82, 2.24) is 4.90 Å². The van der Waals surface area contributed by atoms with Gasteiger partial charge >= 0.3 is 0 Å². The minimum Gasteiger partial charge on any atom is -0.337 e. The minimum atomic E-state index is -0.248. The molecule has 2 aromatic carbocycles. The first-order valence-electron chi connectivity index (χ1n) is 8.33. The average Bonchev–Trinajstić information content (AvgIpc) is 3.41. The maximum Gasteiger partial charge on any atom is 0.230 e. The maximum atomic E-state index is 13.2. The summed E-state index contributed by atoms with van der Waals surface area (Å²) in [7, 11) is 0. The van der Waals surface area contributed by atoms with Crippen LogP contribution in [-0.2, 0) is 17.8 Å². The fraction of sp³-hybridized carbons (Fsp3) is 0.350. The van der Waals surface area contributed by atoms with Crippen LogP contribution in [0.25, 0.3) is 0 Å². The Morgan fingerprint density at radius 2 is 1.74 bits per heavy atom. The molecule has 1 atom stereocenters. The zero-order valence-electron chi connectivity index (χ0n) is 13.0. The van der Waals surface area contributed by atoms with E-state index in [4.69, 9.17) is 0 Å². The molecule has 1 fully saturated rings. The molecule has 2 aromatic rings. The van der Waals surface area contributed by atoms with Crippen molar-refractivity contribution in [1.29, 1.82) is 0 Å². The summed E-state index contributed by atoms with van der Waals surface area (Å²) < 4.78 is 13.2. The number of halogens is 1. The van der Waals surface area contributed by atoms with Gasteiger partial charge in [-0.2, -0.15) is 0 Å². The molecular weight excluding hydrogens is 289 g/mol. The van der Waals surface area contributed by atoms with Crippen molar-refractivity contribution in [3.05, 3.63) is 71.0 Å². The van der Waals surface area contributed by atoms with E-state index in [-0.39, 0.29) is 17.6 Å². The summed E-state index contributed by atoms with van der Waals surface area (Å²) in [6, 6.07) is 14.8. The van der Waals surface area contributed by atoms with Gasteiger partial charge in [0.25, 0.3) is 0 Å². The van der Waals surface area contributed by atoms with Crippen LogP contribution in [-0.4, -0.2) is 17.4 Å². The van der Waals surface area contributed by atoms with Crippen molar-refractivity contribution < 1.29 is 9.18 Å². The second-order valence-corrected chi connectivity index (χ2v) is 6.65. The van der Waals surface area contributed by atoms with E-state index in [0.29, 0.717) is 12.5 Å². The maximum absolute atomic E-state index is 13.2. The summed E-state index contributed by atoms with van der Waals surface area (Å²) in [6.45, 7) is 1.47. The summed E-state index contributed by atoms with van der Waals surface area (Å²) >= 11 is 0. The smallest absolute Gasteiger partial charge is 0.230 e. The fourth-order valence-corrected chi connectivity index (χ4v) is 3.60. The van der Waals surface area contributed by atoms with Gasteiger partial charge < -0.3 is 4.90 Å². The molecule has 1 unspecified atom stereocenters. The molecule has 0 spiro atoms. The van der Waals surface area contributed by atoms with Crippen LogP contribution >= 0.6 is 0 Å². The predicted molar refractivity (Wildman–Crippen MR) is 87.4 cm³/mol. The molecule has 0 N–H and O–H groups in total. The number of nitrogens with zero attached hydrogens (tertiary/aromatic N) is 1. The third-order valence-corrected chi connectivity index (χ3v) is 5.03. The first-order valence-corrected chi connectivity index (χ1v) is 8.33. The van der Waals surface area contributed by atoms with Gasteiger partial charge in [0.05, 0.1) is 5.92 Å². The molecule has 0 aromatic heterocycles. The summed E-state index contributed by atoms with van der Waals surface area (Å²) in [6.07, 6.45) is 3.11. The average molecular weight is 309 g/mol. The number of carbonyl (C=O) groups is 1. The molecular formula is C20H20FNO. The highest BCUT2D eigenvalue weighted by molar-refractivity contribution is 5.84. The molecule has 1 heterocycles. The highest BCUT2D eigenvalue weighted by Gasteiger charge is 2.39. The molecule has 23 heavy (non-hydrogen) atoms. The number of hydrogen-bond acceptors (Lipinski definition) is 1. The molecule has 4 rings (SSSR count). The van der Waals surface area contributed by atoms with Gasteiger partial charge in [-0.3, -0.25) is 4.79 Å². The van der Waals surface area contributed by atoms with Crippen LogP contribution in [0.4, 0.5) is 4.39 Å². The van der Waals surface area contributed by atoms with E-state index in [9.17, 15) is 9.18 Å². The molecule has 1 amide bonds. The van der Waals surface area contributed by atoms with Gasteiger partial charge in [0, 0.05) is 13.1 Å². The lowest BCUT2D eigenvalue weighted by atomic mass is 9.91. The summed E-state index contributed by atoms with van der Waals surface area (Å²) in [5, 5.41) is 0. The second-order valence-electron chi connectivity index (χ2n) is 6.65. The van der Waals surface area contributed by atoms with Crippen LogP contribution in [0.15, 0.2) is 48.5 Å². The van der Waals surface area contributed by atoms with Crippen molar-refractivity contribution in [2.45, 2.75) is 31.7 Å². The largest absolute Gasteiger partial charge is 0.337 e. The molecule has 3 heteroatoms. The molecule has 0 saturated heterocycles. The van der Waals surface area contributed by atoms with Gasteiger partial charge in [0.2, 0.25) is 5.91 Å². The highest BCUT2D eigenvalue weighted by Crippen LogP contribution is 2.44. The van der Waals surface area contributed by atoms with E-state index in [1.807, 2.05) is 11.0 Å². The van der Waals surface area contributed by atoms with E-state index < -0.39 is 0 Å². The van der Waals surface area contributed by atoms with E-state index in [1.54, 1.807) is 12.1 Å². The van der Waals surface area contributed by atoms with Crippen molar-refractivity contribution in [3.8, 4) is 0 Å². The van der Waals surface area contributed by atoms with Gasteiger partial charge in [0.1, 0.15) is 5.82 Å². The number of carbonyl (C=O) groups excluding carboxylic acids is 1. The Morgan fingerprint density at radius 1 is 1.04 bits per heavy atom. The second kappa shape index (κ2) is 5.80. The molecule has 2 nitrogen and oxygen atoms in total. The Morgan fingerprint density at radius 3 is 2.43 bits per heavy atom. The van der Waals surface area contributed by atoms with Crippen LogP contribution in [0.2, 0.25) is 0 Å².